The standard InChI is InChI=1S/C15H24O4/c1-5-17-15(18-6-2)10-19-14-8-7-11(3)9-13(14)12(4)16/h7-9,12,15-16H,5-6,10H2,1-4H3. The second-order valence-electron chi connectivity index (χ2n) is 4.37. The topological polar surface area (TPSA) is 47.9 Å². The Morgan fingerprint density at radius 2 is 1.79 bits per heavy atom. The maximum atomic E-state index is 9.76. The lowest BCUT2D eigenvalue weighted by atomic mass is 10.1. The van der Waals surface area contributed by atoms with Crippen LogP contribution in [0.1, 0.15) is 38.0 Å². The van der Waals surface area contributed by atoms with E-state index in [2.05, 4.69) is 0 Å². The van der Waals surface area contributed by atoms with Gasteiger partial charge in [-0.25, -0.2) is 0 Å². The van der Waals surface area contributed by atoms with Gasteiger partial charge in [-0.1, -0.05) is 11.6 Å². The Labute approximate surface area is 115 Å². The highest BCUT2D eigenvalue weighted by Crippen LogP contribution is 2.26. The lowest BCUT2D eigenvalue weighted by Crippen LogP contribution is -2.25. The van der Waals surface area contributed by atoms with Crippen LogP contribution in [0, 0.1) is 6.92 Å². The van der Waals surface area contributed by atoms with Crippen molar-refractivity contribution in [3.63, 3.8) is 0 Å². The Morgan fingerprint density at radius 3 is 2.32 bits per heavy atom. The molecule has 1 rings (SSSR count). The van der Waals surface area contributed by atoms with Crippen LogP contribution in [0.4, 0.5) is 0 Å². The van der Waals surface area contributed by atoms with Gasteiger partial charge in [0.25, 0.3) is 0 Å². The van der Waals surface area contributed by atoms with Crippen LogP contribution in [-0.2, 0) is 9.47 Å². The third-order valence-corrected chi connectivity index (χ3v) is 2.70. The predicted molar refractivity (Wildman–Crippen MR) is 74.3 cm³/mol. The molecule has 19 heavy (non-hydrogen) atoms. The van der Waals surface area contributed by atoms with Crippen molar-refractivity contribution in [2.45, 2.75) is 40.1 Å². The summed E-state index contributed by atoms with van der Waals surface area (Å²) in [5, 5.41) is 9.76. The van der Waals surface area contributed by atoms with E-state index in [0.29, 0.717) is 25.6 Å². The highest BCUT2D eigenvalue weighted by molar-refractivity contribution is 5.38. The summed E-state index contributed by atoms with van der Waals surface area (Å²) in [6.07, 6.45) is -0.939. The molecule has 0 aliphatic rings. The molecule has 108 valence electrons. The summed E-state index contributed by atoms with van der Waals surface area (Å²) < 4.78 is 16.5. The summed E-state index contributed by atoms with van der Waals surface area (Å²) in [6.45, 7) is 9.00. The fraction of sp³-hybridized carbons (Fsp3) is 0.600. The van der Waals surface area contributed by atoms with Crippen molar-refractivity contribution in [1.29, 1.82) is 0 Å². The Kier molecular flexibility index (Phi) is 6.84. The van der Waals surface area contributed by atoms with E-state index in [1.54, 1.807) is 6.92 Å². The number of benzene rings is 1. The predicted octanol–water partition coefficient (Wildman–Crippen LogP) is 2.83. The van der Waals surface area contributed by atoms with Crippen molar-refractivity contribution < 1.29 is 19.3 Å². The Morgan fingerprint density at radius 1 is 1.16 bits per heavy atom. The summed E-state index contributed by atoms with van der Waals surface area (Å²) in [6, 6.07) is 5.75. The maximum absolute atomic E-state index is 9.76. The zero-order valence-electron chi connectivity index (χ0n) is 12.2. The molecule has 1 aromatic carbocycles. The smallest absolute Gasteiger partial charge is 0.191 e. The molecule has 4 heteroatoms. The number of rotatable bonds is 8. The first kappa shape index (κ1) is 16.0. The highest BCUT2D eigenvalue weighted by Gasteiger charge is 2.13. The van der Waals surface area contributed by atoms with E-state index >= 15 is 0 Å². The highest BCUT2D eigenvalue weighted by atomic mass is 16.7. The molecule has 0 aliphatic carbocycles. The van der Waals surface area contributed by atoms with E-state index in [0.717, 1.165) is 11.1 Å². The lowest BCUT2D eigenvalue weighted by molar-refractivity contribution is -0.152. The molecule has 0 heterocycles. The normalized spacial score (nSPS) is 12.7. The second-order valence-corrected chi connectivity index (χ2v) is 4.37. The molecule has 0 aliphatic heterocycles. The first-order valence-electron chi connectivity index (χ1n) is 6.73. The van der Waals surface area contributed by atoms with E-state index < -0.39 is 6.10 Å². The van der Waals surface area contributed by atoms with Crippen LogP contribution in [0.3, 0.4) is 0 Å². The second kappa shape index (κ2) is 8.15. The maximum Gasteiger partial charge on any atom is 0.191 e. The summed E-state index contributed by atoms with van der Waals surface area (Å²) in [7, 11) is 0. The molecule has 0 amide bonds. The molecule has 1 N–H and O–H groups in total. The fourth-order valence-electron chi connectivity index (χ4n) is 1.80. The van der Waals surface area contributed by atoms with E-state index in [9.17, 15) is 5.11 Å². The third-order valence-electron chi connectivity index (χ3n) is 2.70. The lowest BCUT2D eigenvalue weighted by Gasteiger charge is -2.19. The zero-order chi connectivity index (χ0) is 14.3. The van der Waals surface area contributed by atoms with Gasteiger partial charge in [-0.3, -0.25) is 0 Å². The first-order valence-corrected chi connectivity index (χ1v) is 6.73. The molecule has 0 bridgehead atoms. The molecule has 0 spiro atoms. The van der Waals surface area contributed by atoms with Crippen molar-refractivity contribution in [3.8, 4) is 5.75 Å². The number of hydrogen-bond donors (Lipinski definition) is 1. The summed E-state index contributed by atoms with van der Waals surface area (Å²) in [5.41, 5.74) is 1.88. The van der Waals surface area contributed by atoms with Crippen molar-refractivity contribution in [2.24, 2.45) is 0 Å². The number of aryl methyl sites for hydroxylation is 1. The van der Waals surface area contributed by atoms with Crippen LogP contribution in [0.5, 0.6) is 5.75 Å². The Hall–Kier alpha value is -1.10. The summed E-state index contributed by atoms with van der Waals surface area (Å²) >= 11 is 0. The van der Waals surface area contributed by atoms with Gasteiger partial charge in [0.2, 0.25) is 0 Å². The minimum Gasteiger partial charge on any atom is -0.488 e. The number of aliphatic hydroxyl groups is 1. The van der Waals surface area contributed by atoms with Crippen LogP contribution in [0.15, 0.2) is 18.2 Å². The average Bonchev–Trinajstić information content (AvgIpc) is 2.37. The molecule has 4 nitrogen and oxygen atoms in total. The summed E-state index contributed by atoms with van der Waals surface area (Å²) in [5.74, 6) is 0.671. The minimum atomic E-state index is -0.562. The first-order chi connectivity index (χ1) is 9.08. The monoisotopic (exact) mass is 268 g/mol. The molecule has 0 fully saturated rings. The molecule has 1 aromatic rings. The molecule has 1 atom stereocenters. The average molecular weight is 268 g/mol. The molecule has 0 aromatic heterocycles. The number of aliphatic hydroxyl groups excluding tert-OH is 1. The largest absolute Gasteiger partial charge is 0.488 e. The van der Waals surface area contributed by atoms with E-state index in [4.69, 9.17) is 14.2 Å². The van der Waals surface area contributed by atoms with Crippen molar-refractivity contribution >= 4 is 0 Å². The van der Waals surface area contributed by atoms with Gasteiger partial charge in [0.05, 0.1) is 6.10 Å². The van der Waals surface area contributed by atoms with Gasteiger partial charge in [0.15, 0.2) is 6.29 Å². The molecule has 0 saturated heterocycles. The molecular formula is C15H24O4. The van der Waals surface area contributed by atoms with Gasteiger partial charge in [-0.15, -0.1) is 0 Å². The van der Waals surface area contributed by atoms with Crippen molar-refractivity contribution in [3.05, 3.63) is 29.3 Å². The van der Waals surface area contributed by atoms with Crippen LogP contribution in [-0.4, -0.2) is 31.2 Å². The van der Waals surface area contributed by atoms with Crippen molar-refractivity contribution in [1.82, 2.24) is 0 Å². The van der Waals surface area contributed by atoms with E-state index in [1.165, 1.54) is 0 Å². The van der Waals surface area contributed by atoms with Gasteiger partial charge >= 0.3 is 0 Å². The van der Waals surface area contributed by atoms with E-state index in [-0.39, 0.29) is 6.29 Å². The number of ether oxygens (including phenoxy) is 3. The van der Waals surface area contributed by atoms with Crippen molar-refractivity contribution in [2.75, 3.05) is 19.8 Å². The van der Waals surface area contributed by atoms with Gasteiger partial charge in [-0.2, -0.15) is 0 Å². The van der Waals surface area contributed by atoms with Gasteiger partial charge in [0, 0.05) is 18.8 Å². The van der Waals surface area contributed by atoms with Gasteiger partial charge in [0.1, 0.15) is 12.4 Å². The molecule has 0 saturated carbocycles. The quantitative estimate of drug-likeness (QED) is 0.736. The SMILES string of the molecule is CCOC(COc1ccc(C)cc1C(C)O)OCC. The van der Waals surface area contributed by atoms with Crippen LogP contribution < -0.4 is 4.74 Å². The minimum absolute atomic E-state index is 0.310. The Balaban J connectivity index is 2.70. The van der Waals surface area contributed by atoms with Crippen LogP contribution >= 0.6 is 0 Å². The van der Waals surface area contributed by atoms with Gasteiger partial charge < -0.3 is 19.3 Å². The fourth-order valence-corrected chi connectivity index (χ4v) is 1.80. The van der Waals surface area contributed by atoms with Crippen LogP contribution in [0.25, 0.3) is 0 Å². The number of hydrogen-bond acceptors (Lipinski definition) is 4. The van der Waals surface area contributed by atoms with Gasteiger partial charge in [-0.05, 0) is 39.8 Å². The molecule has 1 unspecified atom stereocenters. The Bertz CT molecular complexity index is 370. The molecular weight excluding hydrogens is 244 g/mol. The van der Waals surface area contributed by atoms with Crippen LogP contribution in [0.2, 0.25) is 0 Å². The summed E-state index contributed by atoms with van der Waals surface area (Å²) in [4.78, 5) is 0. The van der Waals surface area contributed by atoms with E-state index in [1.807, 2.05) is 39.0 Å². The third kappa shape index (κ3) is 5.19. The zero-order valence-corrected chi connectivity index (χ0v) is 12.2. The molecule has 0 radical (unpaired) electrons.